The minimum atomic E-state index is -0.604. The van der Waals surface area contributed by atoms with E-state index in [0.29, 0.717) is 18.8 Å². The predicted octanol–water partition coefficient (Wildman–Crippen LogP) is 1.26. The molecule has 0 aromatic rings. The number of allylic oxidation sites excluding steroid dienone is 3. The highest BCUT2D eigenvalue weighted by Gasteiger charge is 2.32. The summed E-state index contributed by atoms with van der Waals surface area (Å²) >= 11 is 0. The van der Waals surface area contributed by atoms with Gasteiger partial charge in [-0.05, 0) is 13.0 Å². The molecule has 23 heavy (non-hydrogen) atoms. The van der Waals surface area contributed by atoms with Gasteiger partial charge in [0.15, 0.2) is 0 Å². The predicted molar refractivity (Wildman–Crippen MR) is 84.0 cm³/mol. The Bertz CT molecular complexity index is 573. The van der Waals surface area contributed by atoms with Gasteiger partial charge in [-0.1, -0.05) is 12.7 Å². The van der Waals surface area contributed by atoms with E-state index in [-0.39, 0.29) is 18.8 Å². The Balaban J connectivity index is 2.10. The van der Waals surface area contributed by atoms with E-state index >= 15 is 0 Å². The van der Waals surface area contributed by atoms with Crippen LogP contribution in [0, 0.1) is 0 Å². The molecule has 0 saturated carbocycles. The molecular weight excluding hydrogens is 303 g/mol. The molecule has 0 aromatic heterocycles. The summed E-state index contributed by atoms with van der Waals surface area (Å²) in [5, 5.41) is 14.9. The number of nitrogens with zero attached hydrogens (tertiary/aromatic N) is 4. The average Bonchev–Trinajstić information content (AvgIpc) is 2.93. The van der Waals surface area contributed by atoms with Gasteiger partial charge >= 0.3 is 6.09 Å². The minimum Gasteiger partial charge on any atom is -0.441 e. The molecule has 2 rings (SSSR count). The van der Waals surface area contributed by atoms with Gasteiger partial charge in [0.1, 0.15) is 18.3 Å². The van der Waals surface area contributed by atoms with Gasteiger partial charge in [-0.3, -0.25) is 9.91 Å². The first-order valence-corrected chi connectivity index (χ1v) is 7.30. The number of likely N-dealkylation sites (N-methyl/N-ethyl adjacent to an activating group) is 1. The summed E-state index contributed by atoms with van der Waals surface area (Å²) in [7, 11) is 1.83. The number of halogens is 1. The van der Waals surface area contributed by atoms with Crippen LogP contribution in [0.25, 0.3) is 0 Å². The lowest BCUT2D eigenvalue weighted by atomic mass is 10.2. The molecule has 1 saturated heterocycles. The lowest BCUT2D eigenvalue weighted by Gasteiger charge is -2.28. The Hall–Kier alpha value is -2.35. The van der Waals surface area contributed by atoms with E-state index < -0.39 is 18.0 Å². The van der Waals surface area contributed by atoms with E-state index in [1.807, 2.05) is 7.05 Å². The molecule has 0 aromatic carbocycles. The van der Waals surface area contributed by atoms with Crippen LogP contribution >= 0.6 is 0 Å². The van der Waals surface area contributed by atoms with Crippen molar-refractivity contribution in [2.75, 3.05) is 33.3 Å². The molecule has 0 bridgehead atoms. The zero-order valence-corrected chi connectivity index (χ0v) is 13.3. The number of hydrogen-bond donors (Lipinski definition) is 1. The molecule has 2 aliphatic rings. The van der Waals surface area contributed by atoms with Crippen LogP contribution in [0.4, 0.5) is 9.18 Å². The number of cyclic esters (lactones) is 1. The topological polar surface area (TPSA) is 68.6 Å². The van der Waals surface area contributed by atoms with Crippen LogP contribution in [0.5, 0.6) is 0 Å². The van der Waals surface area contributed by atoms with Gasteiger partial charge in [-0.15, -0.1) is 0 Å². The van der Waals surface area contributed by atoms with E-state index in [9.17, 15) is 9.18 Å². The average molecular weight is 324 g/mol. The maximum absolute atomic E-state index is 14.5. The van der Waals surface area contributed by atoms with E-state index in [1.165, 1.54) is 17.3 Å². The van der Waals surface area contributed by atoms with Gasteiger partial charge in [0, 0.05) is 19.3 Å². The monoisotopic (exact) mass is 324 g/mol. The maximum atomic E-state index is 14.5. The number of carbonyl (C=O) groups is 1. The summed E-state index contributed by atoms with van der Waals surface area (Å²) in [6.45, 7) is 6.58. The molecule has 1 fully saturated rings. The highest BCUT2D eigenvalue weighted by Crippen LogP contribution is 2.22. The number of hydrazone groups is 1. The second-order valence-corrected chi connectivity index (χ2v) is 5.26. The molecular formula is C15H21FN4O3. The molecule has 126 valence electrons. The minimum absolute atomic E-state index is 0.174. The first-order valence-electron chi connectivity index (χ1n) is 7.30. The van der Waals surface area contributed by atoms with Crippen LogP contribution in [0.2, 0.25) is 0 Å². The Morgan fingerprint density at radius 2 is 2.35 bits per heavy atom. The SMILES string of the molecule is C=C(C(F)=CC(=CC)N1CC(CO)OC1=O)N1C=NN(C)CC1. The largest absolute Gasteiger partial charge is 0.441 e. The summed E-state index contributed by atoms with van der Waals surface area (Å²) in [5.41, 5.74) is 0.531. The zero-order valence-electron chi connectivity index (χ0n) is 13.3. The van der Waals surface area contributed by atoms with Crippen LogP contribution in [-0.4, -0.2) is 71.7 Å². The van der Waals surface area contributed by atoms with Crippen molar-refractivity contribution in [1.82, 2.24) is 14.8 Å². The highest BCUT2D eigenvalue weighted by molar-refractivity contribution is 5.73. The van der Waals surface area contributed by atoms with Crippen LogP contribution in [-0.2, 0) is 4.74 Å². The number of aliphatic hydroxyl groups excluding tert-OH is 1. The highest BCUT2D eigenvalue weighted by atomic mass is 19.1. The van der Waals surface area contributed by atoms with Gasteiger partial charge in [0.2, 0.25) is 0 Å². The fraction of sp³-hybridized carbons (Fsp3) is 0.467. The number of amides is 1. The standard InChI is InChI=1S/C15H21FN4O3/c1-4-12(20-8-13(9-21)23-15(20)22)7-14(16)11(2)19-6-5-18(3)17-10-19/h4,7,10,13,21H,2,5-6,8-9H2,1,3H3. The summed E-state index contributed by atoms with van der Waals surface area (Å²) in [5.74, 6) is -0.561. The summed E-state index contributed by atoms with van der Waals surface area (Å²) in [6, 6.07) is 0. The van der Waals surface area contributed by atoms with Crippen molar-refractivity contribution < 1.29 is 19.0 Å². The van der Waals surface area contributed by atoms with Crippen molar-refractivity contribution in [2.24, 2.45) is 5.10 Å². The molecule has 1 unspecified atom stereocenters. The smallest absolute Gasteiger partial charge is 0.414 e. The number of ether oxygens (including phenoxy) is 1. The van der Waals surface area contributed by atoms with E-state index in [4.69, 9.17) is 9.84 Å². The quantitative estimate of drug-likeness (QED) is 0.771. The normalized spacial score (nSPS) is 22.7. The molecule has 1 amide bonds. The fourth-order valence-corrected chi connectivity index (χ4v) is 2.22. The molecule has 8 heteroatoms. The van der Waals surface area contributed by atoms with Crippen LogP contribution in [0.1, 0.15) is 6.92 Å². The maximum Gasteiger partial charge on any atom is 0.414 e. The van der Waals surface area contributed by atoms with Gasteiger partial charge in [0.05, 0.1) is 25.4 Å². The number of carbonyl (C=O) groups excluding carboxylic acids is 1. The molecule has 1 N–H and O–H groups in total. The molecule has 0 radical (unpaired) electrons. The van der Waals surface area contributed by atoms with Gasteiger partial charge in [0.25, 0.3) is 0 Å². The number of rotatable bonds is 5. The summed E-state index contributed by atoms with van der Waals surface area (Å²) < 4.78 is 19.4. The van der Waals surface area contributed by atoms with Crippen molar-refractivity contribution in [3.63, 3.8) is 0 Å². The lowest BCUT2D eigenvalue weighted by molar-refractivity contribution is 0.0952. The second kappa shape index (κ2) is 7.28. The first-order chi connectivity index (χ1) is 11.0. The second-order valence-electron chi connectivity index (χ2n) is 5.26. The summed E-state index contributed by atoms with van der Waals surface area (Å²) in [6.07, 6.45) is 3.15. The molecule has 7 nitrogen and oxygen atoms in total. The molecule has 2 aliphatic heterocycles. The Morgan fingerprint density at radius 3 is 2.87 bits per heavy atom. The number of aliphatic hydroxyl groups is 1. The van der Waals surface area contributed by atoms with Gasteiger partial charge < -0.3 is 14.7 Å². The Morgan fingerprint density at radius 1 is 1.61 bits per heavy atom. The van der Waals surface area contributed by atoms with E-state index in [1.54, 1.807) is 22.9 Å². The van der Waals surface area contributed by atoms with Crippen LogP contribution in [0.3, 0.4) is 0 Å². The van der Waals surface area contributed by atoms with Crippen molar-refractivity contribution in [2.45, 2.75) is 13.0 Å². The fourth-order valence-electron chi connectivity index (χ4n) is 2.22. The van der Waals surface area contributed by atoms with Crippen LogP contribution < -0.4 is 0 Å². The van der Waals surface area contributed by atoms with Crippen LogP contribution in [0.15, 0.2) is 41.1 Å². The molecule has 0 aliphatic carbocycles. The molecule has 0 spiro atoms. The van der Waals surface area contributed by atoms with Crippen molar-refractivity contribution in [3.05, 3.63) is 36.0 Å². The Kier molecular flexibility index (Phi) is 5.38. The Labute approximate surface area is 134 Å². The third-order valence-electron chi connectivity index (χ3n) is 3.63. The third kappa shape index (κ3) is 3.89. The lowest BCUT2D eigenvalue weighted by Crippen LogP contribution is -2.35. The van der Waals surface area contributed by atoms with E-state index in [2.05, 4.69) is 11.7 Å². The number of hydrogen-bond acceptors (Lipinski definition) is 6. The molecule has 1 atom stereocenters. The summed E-state index contributed by atoms with van der Waals surface area (Å²) in [4.78, 5) is 14.7. The van der Waals surface area contributed by atoms with Crippen molar-refractivity contribution in [3.8, 4) is 0 Å². The molecule has 2 heterocycles. The van der Waals surface area contributed by atoms with Crippen molar-refractivity contribution in [1.29, 1.82) is 0 Å². The first kappa shape index (κ1) is 17.0. The van der Waals surface area contributed by atoms with E-state index in [0.717, 1.165) is 0 Å². The zero-order chi connectivity index (χ0) is 17.0. The third-order valence-corrected chi connectivity index (χ3v) is 3.63. The van der Waals surface area contributed by atoms with Gasteiger partial charge in [-0.2, -0.15) is 5.10 Å². The van der Waals surface area contributed by atoms with Gasteiger partial charge in [-0.25, -0.2) is 9.18 Å². The van der Waals surface area contributed by atoms with Crippen molar-refractivity contribution >= 4 is 12.4 Å².